The van der Waals surface area contributed by atoms with E-state index in [-0.39, 0.29) is 36.8 Å². The number of fused-ring (bicyclic) bond motifs is 1. The lowest BCUT2D eigenvalue weighted by molar-refractivity contribution is -0.147. The number of hydrogen-bond donors (Lipinski definition) is 3. The van der Waals surface area contributed by atoms with Gasteiger partial charge in [-0.2, -0.15) is 0 Å². The molecule has 0 aromatic heterocycles. The van der Waals surface area contributed by atoms with Crippen LogP contribution in [0.5, 0.6) is 0 Å². The van der Waals surface area contributed by atoms with Crippen LogP contribution >= 0.6 is 0 Å². The highest BCUT2D eigenvalue weighted by Gasteiger charge is 2.79. The molecule has 3 amide bonds. The van der Waals surface area contributed by atoms with Crippen molar-refractivity contribution < 1.29 is 24.2 Å². The van der Waals surface area contributed by atoms with Crippen molar-refractivity contribution >= 4 is 17.7 Å². The van der Waals surface area contributed by atoms with Gasteiger partial charge in [-0.25, -0.2) is 0 Å². The summed E-state index contributed by atoms with van der Waals surface area (Å²) in [6, 6.07) is 8.85. The number of nitrogens with one attached hydrogen (secondary N) is 2. The molecule has 1 aromatic rings. The highest BCUT2D eigenvalue weighted by atomic mass is 16.5. The van der Waals surface area contributed by atoms with E-state index in [0.29, 0.717) is 25.9 Å². The Kier molecular flexibility index (Phi) is 7.52. The summed E-state index contributed by atoms with van der Waals surface area (Å²) in [4.78, 5) is 42.5. The Balaban J connectivity index is 1.62. The van der Waals surface area contributed by atoms with Crippen molar-refractivity contribution in [2.45, 2.75) is 76.7 Å². The van der Waals surface area contributed by atoms with Crippen LogP contribution in [0.4, 0.5) is 0 Å². The molecule has 4 rings (SSSR count). The molecule has 3 unspecified atom stereocenters. The quantitative estimate of drug-likeness (QED) is 0.416. The summed E-state index contributed by atoms with van der Waals surface area (Å²) in [6.45, 7) is 7.14. The number of amides is 3. The lowest BCUT2D eigenvalue weighted by atomic mass is 9.62. The van der Waals surface area contributed by atoms with Gasteiger partial charge in [-0.3, -0.25) is 14.4 Å². The van der Waals surface area contributed by atoms with Crippen LogP contribution in [-0.2, 0) is 25.7 Å². The normalized spacial score (nSPS) is 33.1. The van der Waals surface area contributed by atoms with Crippen molar-refractivity contribution in [1.82, 2.24) is 15.5 Å². The summed E-state index contributed by atoms with van der Waals surface area (Å²) in [5.41, 5.74) is -0.889. The maximum Gasteiger partial charge on any atom is 0.245 e. The largest absolute Gasteiger partial charge is 0.396 e. The molecule has 1 spiro atoms. The molecule has 3 aliphatic rings. The fourth-order valence-electron chi connectivity index (χ4n) is 6.50. The number of nitrogens with zero attached hydrogens (tertiary/aromatic N) is 1. The van der Waals surface area contributed by atoms with E-state index in [9.17, 15) is 19.5 Å². The first-order valence-corrected chi connectivity index (χ1v) is 13.0. The number of carbonyl (C=O) groups excluding carboxylic acids is 3. The molecular weight excluding hydrogens is 446 g/mol. The average molecular weight is 486 g/mol. The number of hydrogen-bond acceptors (Lipinski definition) is 5. The molecule has 8 nitrogen and oxygen atoms in total. The van der Waals surface area contributed by atoms with Gasteiger partial charge in [-0.05, 0) is 37.7 Å². The molecule has 3 aliphatic heterocycles. The van der Waals surface area contributed by atoms with Gasteiger partial charge in [0, 0.05) is 26.2 Å². The van der Waals surface area contributed by atoms with Crippen LogP contribution in [0.15, 0.2) is 30.3 Å². The average Bonchev–Trinajstić information content (AvgIpc) is 3.36. The summed E-state index contributed by atoms with van der Waals surface area (Å²) < 4.78 is 6.66. The van der Waals surface area contributed by atoms with Gasteiger partial charge in [0.25, 0.3) is 0 Å². The van der Waals surface area contributed by atoms with E-state index in [2.05, 4.69) is 17.6 Å². The fraction of sp³-hybridized carbons (Fsp3) is 0.667. The molecule has 1 aromatic carbocycles. The molecule has 8 heteroatoms. The molecule has 6 atom stereocenters. The zero-order valence-electron chi connectivity index (χ0n) is 21.1. The third kappa shape index (κ3) is 4.35. The molecule has 3 N–H and O–H groups in total. The van der Waals surface area contributed by atoms with Gasteiger partial charge < -0.3 is 25.4 Å². The Labute approximate surface area is 207 Å². The molecular formula is C27H39N3O5. The van der Waals surface area contributed by atoms with Crippen LogP contribution in [0.2, 0.25) is 0 Å². The number of carbonyl (C=O) groups is 3. The number of aliphatic hydroxyl groups is 1. The van der Waals surface area contributed by atoms with Crippen LogP contribution < -0.4 is 10.6 Å². The van der Waals surface area contributed by atoms with Crippen LogP contribution in [-0.4, -0.2) is 64.7 Å². The number of unbranched alkanes of at least 4 members (excludes halogenated alkanes) is 2. The smallest absolute Gasteiger partial charge is 0.245 e. The van der Waals surface area contributed by atoms with Gasteiger partial charge >= 0.3 is 0 Å². The van der Waals surface area contributed by atoms with Crippen molar-refractivity contribution in [3.05, 3.63) is 35.9 Å². The standard InChI is InChI=1S/C27H39N3O5/c1-4-5-9-13-28-24(33)22-27-16-18(2)26(3,35-27)20(21(27)25(34)30(22)14-10-15-31)23(32)29-17-19-11-7-6-8-12-19/h6-8,11-12,18,20-22,31H,4-5,9-10,13-17H2,1-3H3,(H,28,33)(H,29,32)/t18?,20-,21+,22?,26+,27?/m1/s1. The third-order valence-electron chi connectivity index (χ3n) is 8.29. The Morgan fingerprint density at radius 2 is 1.89 bits per heavy atom. The Morgan fingerprint density at radius 3 is 2.57 bits per heavy atom. The predicted octanol–water partition coefficient (Wildman–Crippen LogP) is 2.00. The van der Waals surface area contributed by atoms with Gasteiger partial charge in [0.15, 0.2) is 0 Å². The summed E-state index contributed by atoms with van der Waals surface area (Å²) in [7, 11) is 0. The van der Waals surface area contributed by atoms with E-state index < -0.39 is 29.1 Å². The fourth-order valence-corrected chi connectivity index (χ4v) is 6.50. The molecule has 3 fully saturated rings. The lowest BCUT2D eigenvalue weighted by Crippen LogP contribution is -2.56. The summed E-state index contributed by atoms with van der Waals surface area (Å²) >= 11 is 0. The van der Waals surface area contributed by atoms with Gasteiger partial charge in [0.1, 0.15) is 11.6 Å². The second-order valence-electron chi connectivity index (χ2n) is 10.5. The Hall–Kier alpha value is -2.45. The van der Waals surface area contributed by atoms with Gasteiger partial charge in [0.2, 0.25) is 17.7 Å². The van der Waals surface area contributed by atoms with E-state index in [1.807, 2.05) is 44.2 Å². The minimum absolute atomic E-state index is 0.00667. The third-order valence-corrected chi connectivity index (χ3v) is 8.29. The summed E-state index contributed by atoms with van der Waals surface area (Å²) in [5, 5.41) is 15.5. The lowest BCUT2D eigenvalue weighted by Gasteiger charge is -2.36. The van der Waals surface area contributed by atoms with Crippen molar-refractivity contribution in [2.75, 3.05) is 19.7 Å². The van der Waals surface area contributed by atoms with Gasteiger partial charge in [-0.15, -0.1) is 0 Å². The molecule has 35 heavy (non-hydrogen) atoms. The molecule has 0 radical (unpaired) electrons. The predicted molar refractivity (Wildman–Crippen MR) is 131 cm³/mol. The van der Waals surface area contributed by atoms with E-state index in [1.165, 1.54) is 0 Å². The van der Waals surface area contributed by atoms with E-state index in [1.54, 1.807) is 4.90 Å². The minimum Gasteiger partial charge on any atom is -0.396 e. The van der Waals surface area contributed by atoms with Crippen molar-refractivity contribution in [3.8, 4) is 0 Å². The van der Waals surface area contributed by atoms with E-state index in [0.717, 1.165) is 24.8 Å². The first-order valence-electron chi connectivity index (χ1n) is 13.0. The van der Waals surface area contributed by atoms with Crippen LogP contribution in [0.25, 0.3) is 0 Å². The monoisotopic (exact) mass is 485 g/mol. The maximum absolute atomic E-state index is 13.8. The van der Waals surface area contributed by atoms with Crippen LogP contribution in [0.3, 0.4) is 0 Å². The zero-order chi connectivity index (χ0) is 25.2. The number of likely N-dealkylation sites (tertiary alicyclic amines) is 1. The highest BCUT2D eigenvalue weighted by Crippen LogP contribution is 2.65. The second kappa shape index (κ2) is 10.3. The molecule has 0 saturated carbocycles. The summed E-state index contributed by atoms with van der Waals surface area (Å²) in [5.74, 6) is -2.05. The van der Waals surface area contributed by atoms with Crippen molar-refractivity contribution in [1.29, 1.82) is 0 Å². The Morgan fingerprint density at radius 1 is 1.14 bits per heavy atom. The second-order valence-corrected chi connectivity index (χ2v) is 10.5. The molecule has 2 bridgehead atoms. The van der Waals surface area contributed by atoms with Gasteiger partial charge in [0.05, 0.1) is 17.4 Å². The van der Waals surface area contributed by atoms with Gasteiger partial charge in [-0.1, -0.05) is 57.0 Å². The first-order chi connectivity index (χ1) is 16.8. The highest BCUT2D eigenvalue weighted by molar-refractivity contribution is 5.99. The van der Waals surface area contributed by atoms with E-state index in [4.69, 9.17) is 4.74 Å². The van der Waals surface area contributed by atoms with Crippen molar-refractivity contribution in [2.24, 2.45) is 17.8 Å². The SMILES string of the molecule is CCCCCNC(=O)C1N(CCCO)C(=O)[C@@H]2[C@H](C(=O)NCc3ccccc3)[C@@]3(C)OC12CC3C. The molecule has 192 valence electrons. The van der Waals surface area contributed by atoms with Crippen molar-refractivity contribution in [3.63, 3.8) is 0 Å². The molecule has 3 saturated heterocycles. The van der Waals surface area contributed by atoms with Crippen LogP contribution in [0.1, 0.15) is 58.4 Å². The number of rotatable bonds is 11. The first kappa shape index (κ1) is 25.6. The topological polar surface area (TPSA) is 108 Å². The molecule has 0 aliphatic carbocycles. The maximum atomic E-state index is 13.8. The number of ether oxygens (including phenoxy) is 1. The Bertz CT molecular complexity index is 940. The van der Waals surface area contributed by atoms with Crippen LogP contribution in [0, 0.1) is 17.8 Å². The number of benzene rings is 1. The minimum atomic E-state index is -1.04. The van der Waals surface area contributed by atoms with E-state index >= 15 is 0 Å². The summed E-state index contributed by atoms with van der Waals surface area (Å²) in [6.07, 6.45) is 3.85. The zero-order valence-corrected chi connectivity index (χ0v) is 21.1. The molecule has 3 heterocycles. The number of aliphatic hydroxyl groups excluding tert-OH is 1.